The summed E-state index contributed by atoms with van der Waals surface area (Å²) in [5.41, 5.74) is 2.16. The molecule has 1 aliphatic rings. The third kappa shape index (κ3) is 3.51. The lowest BCUT2D eigenvalue weighted by atomic mass is 10.2. The third-order valence-electron chi connectivity index (χ3n) is 3.87. The van der Waals surface area contributed by atoms with E-state index in [0.717, 1.165) is 23.9 Å². The first-order valence-corrected chi connectivity index (χ1v) is 9.19. The summed E-state index contributed by atoms with van der Waals surface area (Å²) in [6, 6.07) is 5.85. The van der Waals surface area contributed by atoms with E-state index in [1.165, 1.54) is 11.8 Å². The number of hydrogen-bond donors (Lipinski definition) is 1. The number of amides is 1. The molecule has 0 bridgehead atoms. The summed E-state index contributed by atoms with van der Waals surface area (Å²) in [6.45, 7) is 4.06. The summed E-state index contributed by atoms with van der Waals surface area (Å²) in [7, 11) is 0. The minimum absolute atomic E-state index is 0.109. The van der Waals surface area contributed by atoms with Gasteiger partial charge in [-0.2, -0.15) is 0 Å². The molecule has 2 heterocycles. The number of fused-ring (bicyclic) bond motifs is 1. The molecule has 1 aromatic carbocycles. The summed E-state index contributed by atoms with van der Waals surface area (Å²) >= 11 is 1.34. The van der Waals surface area contributed by atoms with Gasteiger partial charge in [-0.05, 0) is 41.5 Å². The van der Waals surface area contributed by atoms with Gasteiger partial charge in [0.1, 0.15) is 5.52 Å². The Kier molecular flexibility index (Phi) is 4.16. The molecule has 0 atom stereocenters. The van der Waals surface area contributed by atoms with E-state index in [9.17, 15) is 4.79 Å². The highest BCUT2D eigenvalue weighted by Gasteiger charge is 2.28. The molecular weight excluding hydrogens is 340 g/mol. The van der Waals surface area contributed by atoms with Crippen molar-refractivity contribution in [3.8, 4) is 0 Å². The molecule has 3 aromatic rings. The molecule has 4 rings (SSSR count). The van der Waals surface area contributed by atoms with E-state index in [1.807, 2.05) is 32.0 Å². The lowest BCUT2D eigenvalue weighted by molar-refractivity contribution is -0.113. The first-order valence-electron chi connectivity index (χ1n) is 8.21. The van der Waals surface area contributed by atoms with Gasteiger partial charge in [-0.3, -0.25) is 4.79 Å². The Morgan fingerprint density at radius 1 is 1.44 bits per heavy atom. The molecule has 0 unspecified atom stereocenters. The number of thioether (sulfide) groups is 1. The van der Waals surface area contributed by atoms with Gasteiger partial charge in [0, 0.05) is 11.6 Å². The van der Waals surface area contributed by atoms with E-state index >= 15 is 0 Å². The molecule has 1 N–H and O–H groups in total. The van der Waals surface area contributed by atoms with Crippen molar-refractivity contribution in [3.63, 3.8) is 0 Å². The SMILES string of the molecule is CC(C)c1nc2cc(NC(=O)CSc3nnnn3C3CC3)ccc2o1. The Bertz CT molecular complexity index is 914. The number of carbonyl (C=O) groups excluding carboxylic acids is 1. The third-order valence-corrected chi connectivity index (χ3v) is 4.80. The Morgan fingerprint density at radius 3 is 3.04 bits per heavy atom. The van der Waals surface area contributed by atoms with Crippen molar-refractivity contribution in [2.75, 3.05) is 11.1 Å². The molecule has 2 aromatic heterocycles. The van der Waals surface area contributed by atoms with E-state index in [4.69, 9.17) is 4.42 Å². The summed E-state index contributed by atoms with van der Waals surface area (Å²) in [4.78, 5) is 16.7. The van der Waals surface area contributed by atoms with E-state index in [0.29, 0.717) is 22.8 Å². The van der Waals surface area contributed by atoms with Crippen LogP contribution in [0, 0.1) is 0 Å². The highest BCUT2D eigenvalue weighted by atomic mass is 32.2. The number of rotatable bonds is 6. The smallest absolute Gasteiger partial charge is 0.234 e. The molecule has 1 amide bonds. The highest BCUT2D eigenvalue weighted by molar-refractivity contribution is 7.99. The maximum absolute atomic E-state index is 12.2. The molecule has 0 spiro atoms. The number of benzene rings is 1. The number of tetrazole rings is 1. The summed E-state index contributed by atoms with van der Waals surface area (Å²) in [5.74, 6) is 1.06. The second-order valence-corrected chi connectivity index (χ2v) is 7.31. The number of oxazole rings is 1. The molecule has 0 saturated heterocycles. The van der Waals surface area contributed by atoms with Crippen LogP contribution >= 0.6 is 11.8 Å². The van der Waals surface area contributed by atoms with Gasteiger partial charge in [0.05, 0.1) is 11.8 Å². The van der Waals surface area contributed by atoms with Gasteiger partial charge >= 0.3 is 0 Å². The van der Waals surface area contributed by atoms with Gasteiger partial charge in [0.25, 0.3) is 0 Å². The minimum Gasteiger partial charge on any atom is -0.440 e. The van der Waals surface area contributed by atoms with E-state index in [-0.39, 0.29) is 17.6 Å². The molecule has 0 radical (unpaired) electrons. The van der Waals surface area contributed by atoms with Gasteiger partial charge in [0.2, 0.25) is 11.1 Å². The molecule has 1 fully saturated rings. The Balaban J connectivity index is 1.40. The average Bonchev–Trinajstić information content (AvgIpc) is 3.16. The lowest BCUT2D eigenvalue weighted by Crippen LogP contribution is -2.14. The highest BCUT2D eigenvalue weighted by Crippen LogP contribution is 2.36. The van der Waals surface area contributed by atoms with Crippen molar-refractivity contribution in [3.05, 3.63) is 24.1 Å². The second-order valence-electron chi connectivity index (χ2n) is 6.36. The molecule has 1 aliphatic carbocycles. The molecular formula is C16H18N6O2S. The van der Waals surface area contributed by atoms with Gasteiger partial charge < -0.3 is 9.73 Å². The zero-order valence-corrected chi connectivity index (χ0v) is 14.8. The van der Waals surface area contributed by atoms with Gasteiger partial charge in [-0.15, -0.1) is 5.10 Å². The molecule has 25 heavy (non-hydrogen) atoms. The fourth-order valence-corrected chi connectivity index (χ4v) is 3.17. The van der Waals surface area contributed by atoms with E-state index in [2.05, 4.69) is 25.8 Å². The average molecular weight is 358 g/mol. The fraction of sp³-hybridized carbons (Fsp3) is 0.438. The van der Waals surface area contributed by atoms with Crippen LogP contribution in [0.1, 0.15) is 44.5 Å². The van der Waals surface area contributed by atoms with Crippen LogP contribution in [0.4, 0.5) is 5.69 Å². The zero-order chi connectivity index (χ0) is 17.4. The Morgan fingerprint density at radius 2 is 2.28 bits per heavy atom. The second kappa shape index (κ2) is 6.47. The van der Waals surface area contributed by atoms with Gasteiger partial charge in [-0.1, -0.05) is 25.6 Å². The van der Waals surface area contributed by atoms with Gasteiger partial charge in [-0.25, -0.2) is 9.67 Å². The summed E-state index contributed by atoms with van der Waals surface area (Å²) in [5, 5.41) is 15.2. The first kappa shape index (κ1) is 16.1. The Labute approximate surface area is 148 Å². The van der Waals surface area contributed by atoms with Crippen LogP contribution in [0.15, 0.2) is 27.8 Å². The molecule has 130 valence electrons. The molecule has 9 heteroatoms. The Hall–Kier alpha value is -2.42. The van der Waals surface area contributed by atoms with Crippen LogP contribution in [0.5, 0.6) is 0 Å². The van der Waals surface area contributed by atoms with E-state index < -0.39 is 0 Å². The lowest BCUT2D eigenvalue weighted by Gasteiger charge is -2.05. The number of nitrogens with zero attached hydrogens (tertiary/aromatic N) is 5. The van der Waals surface area contributed by atoms with Crippen LogP contribution < -0.4 is 5.32 Å². The minimum atomic E-state index is -0.109. The predicted molar refractivity (Wildman–Crippen MR) is 93.5 cm³/mol. The molecule has 0 aliphatic heterocycles. The number of anilines is 1. The number of aromatic nitrogens is 5. The normalized spacial score (nSPS) is 14.4. The number of carbonyl (C=O) groups is 1. The summed E-state index contributed by atoms with van der Waals surface area (Å²) in [6.07, 6.45) is 2.20. The van der Waals surface area contributed by atoms with Crippen molar-refractivity contribution in [1.29, 1.82) is 0 Å². The van der Waals surface area contributed by atoms with Crippen LogP contribution in [0.3, 0.4) is 0 Å². The van der Waals surface area contributed by atoms with Crippen LogP contribution in [0.2, 0.25) is 0 Å². The first-order chi connectivity index (χ1) is 12.1. The van der Waals surface area contributed by atoms with Crippen molar-refractivity contribution in [1.82, 2.24) is 25.2 Å². The maximum Gasteiger partial charge on any atom is 0.234 e. The van der Waals surface area contributed by atoms with Crippen LogP contribution in [-0.4, -0.2) is 36.9 Å². The topological polar surface area (TPSA) is 98.7 Å². The zero-order valence-electron chi connectivity index (χ0n) is 14.0. The molecule has 1 saturated carbocycles. The standard InChI is InChI=1S/C16H18N6O2S/c1-9(2)15-18-12-7-10(3-6-13(12)24-15)17-14(23)8-25-16-19-20-21-22(16)11-4-5-11/h3,6-7,9,11H,4-5,8H2,1-2H3,(H,17,23). The van der Waals surface area contributed by atoms with Crippen LogP contribution in [0.25, 0.3) is 11.1 Å². The molecule has 8 nitrogen and oxygen atoms in total. The quantitative estimate of drug-likeness (QED) is 0.676. The predicted octanol–water partition coefficient (Wildman–Crippen LogP) is 3.00. The monoisotopic (exact) mass is 358 g/mol. The fourth-order valence-electron chi connectivity index (χ4n) is 2.43. The number of hydrogen-bond acceptors (Lipinski definition) is 7. The van der Waals surface area contributed by atoms with Crippen molar-refractivity contribution in [2.24, 2.45) is 0 Å². The van der Waals surface area contributed by atoms with Crippen molar-refractivity contribution < 1.29 is 9.21 Å². The summed E-state index contributed by atoms with van der Waals surface area (Å²) < 4.78 is 7.47. The largest absolute Gasteiger partial charge is 0.440 e. The van der Waals surface area contributed by atoms with E-state index in [1.54, 1.807) is 4.68 Å². The maximum atomic E-state index is 12.2. The van der Waals surface area contributed by atoms with Crippen molar-refractivity contribution in [2.45, 2.75) is 43.8 Å². The number of nitrogens with one attached hydrogen (secondary N) is 1. The van der Waals surface area contributed by atoms with Gasteiger partial charge in [0.15, 0.2) is 11.5 Å². The van der Waals surface area contributed by atoms with Crippen molar-refractivity contribution >= 4 is 34.5 Å². The van der Waals surface area contributed by atoms with Crippen LogP contribution in [-0.2, 0) is 4.79 Å².